The molecule has 0 radical (unpaired) electrons. The van der Waals surface area contributed by atoms with Crippen molar-refractivity contribution in [3.63, 3.8) is 0 Å². The number of morpholine rings is 1. The Morgan fingerprint density at radius 3 is 2.31 bits per heavy atom. The number of piperidine rings is 1. The Balaban J connectivity index is 1.46. The van der Waals surface area contributed by atoms with Gasteiger partial charge in [-0.15, -0.1) is 0 Å². The normalized spacial score (nSPS) is 20.1. The third-order valence-electron chi connectivity index (χ3n) is 5.80. The predicted molar refractivity (Wildman–Crippen MR) is 112 cm³/mol. The maximum absolute atomic E-state index is 12.7. The Morgan fingerprint density at radius 1 is 1.10 bits per heavy atom. The van der Waals surface area contributed by atoms with Gasteiger partial charge in [-0.2, -0.15) is 4.31 Å². The van der Waals surface area contributed by atoms with Crippen molar-refractivity contribution in [3.8, 4) is 0 Å². The van der Waals surface area contributed by atoms with Crippen LogP contribution in [0.15, 0.2) is 29.2 Å². The smallest absolute Gasteiger partial charge is 0.243 e. The third-order valence-corrected chi connectivity index (χ3v) is 7.71. The van der Waals surface area contributed by atoms with Crippen molar-refractivity contribution in [2.75, 3.05) is 39.4 Å². The van der Waals surface area contributed by atoms with Crippen molar-refractivity contribution in [2.45, 2.75) is 56.5 Å². The number of nitrogens with one attached hydrogen (secondary N) is 1. The molecule has 0 aromatic heterocycles. The SMILES string of the molecule is CC(C)N1CCC(NC(=O)CCc2ccc(S(=O)(=O)N3CCOCC3)cc2)CC1. The zero-order chi connectivity index (χ0) is 20.9. The van der Waals surface area contributed by atoms with Crippen molar-refractivity contribution < 1.29 is 17.9 Å². The highest BCUT2D eigenvalue weighted by Crippen LogP contribution is 2.18. The van der Waals surface area contributed by atoms with Crippen LogP contribution < -0.4 is 5.32 Å². The quantitative estimate of drug-likeness (QED) is 0.721. The summed E-state index contributed by atoms with van der Waals surface area (Å²) in [6.07, 6.45) is 3.02. The van der Waals surface area contributed by atoms with E-state index in [1.165, 1.54) is 4.31 Å². The Morgan fingerprint density at radius 2 is 1.72 bits per heavy atom. The van der Waals surface area contributed by atoms with Crippen LogP contribution in [0, 0.1) is 0 Å². The molecule has 0 saturated carbocycles. The fraction of sp³-hybridized carbons (Fsp3) is 0.667. The minimum atomic E-state index is -3.47. The molecule has 0 spiro atoms. The molecule has 7 nitrogen and oxygen atoms in total. The summed E-state index contributed by atoms with van der Waals surface area (Å²) in [4.78, 5) is 15.0. The van der Waals surface area contributed by atoms with Gasteiger partial charge in [0, 0.05) is 44.7 Å². The summed E-state index contributed by atoms with van der Waals surface area (Å²) in [5, 5.41) is 3.15. The number of likely N-dealkylation sites (tertiary alicyclic amines) is 1. The first-order valence-electron chi connectivity index (χ1n) is 10.6. The Hall–Kier alpha value is -1.48. The minimum Gasteiger partial charge on any atom is -0.379 e. The van der Waals surface area contributed by atoms with Crippen LogP contribution in [0.1, 0.15) is 38.7 Å². The number of benzene rings is 1. The Labute approximate surface area is 174 Å². The van der Waals surface area contributed by atoms with Crippen LogP contribution in [0.25, 0.3) is 0 Å². The van der Waals surface area contributed by atoms with Crippen LogP contribution in [-0.2, 0) is 26.0 Å². The molecule has 3 rings (SSSR count). The summed E-state index contributed by atoms with van der Waals surface area (Å²) in [6, 6.07) is 7.71. The van der Waals surface area contributed by atoms with E-state index in [4.69, 9.17) is 4.74 Å². The van der Waals surface area contributed by atoms with Gasteiger partial charge < -0.3 is 15.0 Å². The second-order valence-corrected chi connectivity index (χ2v) is 10.1. The first-order chi connectivity index (χ1) is 13.9. The number of nitrogens with zero attached hydrogens (tertiary/aromatic N) is 2. The molecule has 1 aromatic carbocycles. The highest BCUT2D eigenvalue weighted by atomic mass is 32.2. The number of amides is 1. The fourth-order valence-electron chi connectivity index (χ4n) is 3.88. The van der Waals surface area contributed by atoms with Crippen molar-refractivity contribution in [2.24, 2.45) is 0 Å². The minimum absolute atomic E-state index is 0.0676. The van der Waals surface area contributed by atoms with Crippen LogP contribution in [-0.4, -0.2) is 75.0 Å². The zero-order valence-corrected chi connectivity index (χ0v) is 18.3. The lowest BCUT2D eigenvalue weighted by Gasteiger charge is -2.34. The second kappa shape index (κ2) is 10.0. The number of sulfonamides is 1. The van der Waals surface area contributed by atoms with E-state index in [9.17, 15) is 13.2 Å². The van der Waals surface area contributed by atoms with E-state index in [1.807, 2.05) is 12.1 Å². The van der Waals surface area contributed by atoms with Crippen molar-refractivity contribution in [1.29, 1.82) is 0 Å². The first-order valence-corrected chi connectivity index (χ1v) is 12.0. The van der Waals surface area contributed by atoms with Crippen molar-refractivity contribution >= 4 is 15.9 Å². The largest absolute Gasteiger partial charge is 0.379 e. The molecule has 1 amide bonds. The number of rotatable bonds is 7. The molecule has 1 aromatic rings. The number of carbonyl (C=O) groups excluding carboxylic acids is 1. The summed E-state index contributed by atoms with van der Waals surface area (Å²) in [6.45, 7) is 8.11. The molecule has 0 bridgehead atoms. The highest BCUT2D eigenvalue weighted by molar-refractivity contribution is 7.89. The second-order valence-electron chi connectivity index (χ2n) is 8.13. The molecular formula is C21H33N3O4S. The van der Waals surface area contributed by atoms with Gasteiger partial charge in [-0.25, -0.2) is 8.42 Å². The molecule has 29 heavy (non-hydrogen) atoms. The predicted octanol–water partition coefficient (Wildman–Crippen LogP) is 1.63. The molecule has 1 N–H and O–H groups in total. The van der Waals surface area contributed by atoms with E-state index in [2.05, 4.69) is 24.1 Å². The summed E-state index contributed by atoms with van der Waals surface area (Å²) in [5.41, 5.74) is 0.968. The van der Waals surface area contributed by atoms with E-state index in [0.29, 0.717) is 50.1 Å². The molecule has 2 heterocycles. The van der Waals surface area contributed by atoms with Crippen LogP contribution in [0.5, 0.6) is 0 Å². The lowest BCUT2D eigenvalue weighted by atomic mass is 10.0. The van der Waals surface area contributed by atoms with Gasteiger partial charge in [0.2, 0.25) is 15.9 Å². The molecule has 2 aliphatic heterocycles. The van der Waals surface area contributed by atoms with Gasteiger partial charge in [-0.05, 0) is 50.8 Å². The number of ether oxygens (including phenoxy) is 1. The zero-order valence-electron chi connectivity index (χ0n) is 17.5. The first kappa shape index (κ1) is 22.2. The van der Waals surface area contributed by atoms with Crippen LogP contribution in [0.2, 0.25) is 0 Å². The topological polar surface area (TPSA) is 79.0 Å². The molecule has 2 saturated heterocycles. The highest BCUT2D eigenvalue weighted by Gasteiger charge is 2.26. The van der Waals surface area contributed by atoms with E-state index in [-0.39, 0.29) is 11.9 Å². The summed E-state index contributed by atoms with van der Waals surface area (Å²) in [5.74, 6) is 0.0676. The maximum atomic E-state index is 12.7. The number of hydrogen-bond acceptors (Lipinski definition) is 5. The van der Waals surface area contributed by atoms with Gasteiger partial charge in [-0.1, -0.05) is 12.1 Å². The summed E-state index contributed by atoms with van der Waals surface area (Å²) in [7, 11) is -3.47. The third kappa shape index (κ3) is 6.01. The van der Waals surface area contributed by atoms with Gasteiger partial charge in [0.15, 0.2) is 0 Å². The van der Waals surface area contributed by atoms with E-state index in [0.717, 1.165) is 31.5 Å². The van der Waals surface area contributed by atoms with Gasteiger partial charge in [0.1, 0.15) is 0 Å². The lowest BCUT2D eigenvalue weighted by Crippen LogP contribution is -2.46. The van der Waals surface area contributed by atoms with E-state index < -0.39 is 10.0 Å². The van der Waals surface area contributed by atoms with Crippen LogP contribution >= 0.6 is 0 Å². The summed E-state index contributed by atoms with van der Waals surface area (Å²) < 4.78 is 32.0. The molecule has 0 atom stereocenters. The monoisotopic (exact) mass is 423 g/mol. The van der Waals surface area contributed by atoms with E-state index in [1.54, 1.807) is 12.1 Å². The van der Waals surface area contributed by atoms with Gasteiger partial charge in [-0.3, -0.25) is 4.79 Å². The Kier molecular flexibility index (Phi) is 7.67. The maximum Gasteiger partial charge on any atom is 0.243 e. The molecule has 2 aliphatic rings. The average molecular weight is 424 g/mol. The van der Waals surface area contributed by atoms with Gasteiger partial charge in [0.05, 0.1) is 18.1 Å². The number of carbonyl (C=O) groups is 1. The molecule has 2 fully saturated rings. The standard InChI is InChI=1S/C21H33N3O4S/c1-17(2)23-11-9-19(10-12-23)22-21(25)8-5-18-3-6-20(7-4-18)29(26,27)24-13-15-28-16-14-24/h3-4,6-7,17,19H,5,8-16H2,1-2H3,(H,22,25). The van der Waals surface area contributed by atoms with Crippen molar-refractivity contribution in [1.82, 2.24) is 14.5 Å². The van der Waals surface area contributed by atoms with Crippen LogP contribution in [0.3, 0.4) is 0 Å². The molecule has 0 aliphatic carbocycles. The molecular weight excluding hydrogens is 390 g/mol. The Bertz CT molecular complexity index is 766. The number of aryl methyl sites for hydroxylation is 1. The molecule has 0 unspecified atom stereocenters. The van der Waals surface area contributed by atoms with Gasteiger partial charge in [0.25, 0.3) is 0 Å². The molecule has 8 heteroatoms. The fourth-order valence-corrected chi connectivity index (χ4v) is 5.29. The van der Waals surface area contributed by atoms with Crippen molar-refractivity contribution in [3.05, 3.63) is 29.8 Å². The average Bonchev–Trinajstić information content (AvgIpc) is 2.73. The van der Waals surface area contributed by atoms with E-state index >= 15 is 0 Å². The summed E-state index contributed by atoms with van der Waals surface area (Å²) >= 11 is 0. The lowest BCUT2D eigenvalue weighted by molar-refractivity contribution is -0.122. The van der Waals surface area contributed by atoms with Crippen LogP contribution in [0.4, 0.5) is 0 Å². The number of hydrogen-bond donors (Lipinski definition) is 1. The molecule has 162 valence electrons. The van der Waals surface area contributed by atoms with Gasteiger partial charge >= 0.3 is 0 Å².